The number of rotatable bonds is 5. The van der Waals surface area contributed by atoms with E-state index in [4.69, 9.17) is 27.9 Å². The maximum Gasteiger partial charge on any atom is 0.132 e. The van der Waals surface area contributed by atoms with Gasteiger partial charge in [0.05, 0.1) is 15.6 Å². The molecule has 0 spiro atoms. The molecular weight excluding hydrogens is 439 g/mol. The molecule has 4 aromatic rings. The lowest BCUT2D eigenvalue weighted by atomic mass is 10.1. The molecule has 2 aromatic heterocycles. The SMILES string of the molecule is Cc1ccc(Cn2c(C)c(C)c3ccnc(COc4ccc(Cl)c(Cl)c4)c32)cc1.Cl. The van der Waals surface area contributed by atoms with E-state index in [2.05, 4.69) is 60.7 Å². The molecule has 30 heavy (non-hydrogen) atoms. The van der Waals surface area contributed by atoms with Gasteiger partial charge in [0.25, 0.3) is 0 Å². The number of aryl methyl sites for hydroxylation is 2. The van der Waals surface area contributed by atoms with Crippen LogP contribution in [0.15, 0.2) is 54.7 Å². The molecule has 2 heterocycles. The van der Waals surface area contributed by atoms with Gasteiger partial charge in [-0.3, -0.25) is 4.98 Å². The van der Waals surface area contributed by atoms with Gasteiger partial charge in [-0.2, -0.15) is 0 Å². The summed E-state index contributed by atoms with van der Waals surface area (Å²) in [6, 6.07) is 16.0. The Hall–Kier alpha value is -2.20. The summed E-state index contributed by atoms with van der Waals surface area (Å²) in [7, 11) is 0. The zero-order valence-electron chi connectivity index (χ0n) is 17.1. The summed E-state index contributed by atoms with van der Waals surface area (Å²) in [6.07, 6.45) is 1.85. The molecule has 6 heteroatoms. The van der Waals surface area contributed by atoms with Gasteiger partial charge in [-0.1, -0.05) is 53.0 Å². The van der Waals surface area contributed by atoms with Crippen LogP contribution in [0.5, 0.6) is 5.75 Å². The minimum atomic E-state index is 0. The molecule has 156 valence electrons. The molecule has 0 atom stereocenters. The fourth-order valence-corrected chi connectivity index (χ4v) is 3.85. The first-order valence-corrected chi connectivity index (χ1v) is 10.3. The number of halogens is 3. The van der Waals surface area contributed by atoms with Crippen molar-refractivity contribution in [3.8, 4) is 5.75 Å². The number of nitrogens with zero attached hydrogens (tertiary/aromatic N) is 2. The van der Waals surface area contributed by atoms with Crippen LogP contribution in [0.3, 0.4) is 0 Å². The van der Waals surface area contributed by atoms with Gasteiger partial charge in [0.2, 0.25) is 0 Å². The highest BCUT2D eigenvalue weighted by molar-refractivity contribution is 6.42. The average molecular weight is 462 g/mol. The predicted octanol–water partition coefficient (Wildman–Crippen LogP) is 7.32. The third-order valence-corrected chi connectivity index (χ3v) is 6.09. The first-order chi connectivity index (χ1) is 13.9. The first-order valence-electron chi connectivity index (χ1n) is 9.50. The number of hydrogen-bond acceptors (Lipinski definition) is 2. The second-order valence-electron chi connectivity index (χ2n) is 7.30. The van der Waals surface area contributed by atoms with Crippen LogP contribution in [-0.4, -0.2) is 9.55 Å². The van der Waals surface area contributed by atoms with Crippen molar-refractivity contribution in [2.45, 2.75) is 33.9 Å². The molecule has 3 nitrogen and oxygen atoms in total. The van der Waals surface area contributed by atoms with E-state index in [0.717, 1.165) is 17.8 Å². The minimum absolute atomic E-state index is 0. The van der Waals surface area contributed by atoms with Crippen LogP contribution in [0.1, 0.15) is 28.1 Å². The monoisotopic (exact) mass is 460 g/mol. The molecule has 0 saturated heterocycles. The lowest BCUT2D eigenvalue weighted by Gasteiger charge is -2.13. The topological polar surface area (TPSA) is 27.1 Å². The van der Waals surface area contributed by atoms with Crippen LogP contribution >= 0.6 is 35.6 Å². The smallest absolute Gasteiger partial charge is 0.132 e. The Morgan fingerprint density at radius 1 is 0.933 bits per heavy atom. The first kappa shape index (κ1) is 22.5. The van der Waals surface area contributed by atoms with Crippen molar-refractivity contribution in [3.63, 3.8) is 0 Å². The molecule has 0 fully saturated rings. The molecule has 0 bridgehead atoms. The highest BCUT2D eigenvalue weighted by atomic mass is 35.5. The van der Waals surface area contributed by atoms with Gasteiger partial charge in [0.15, 0.2) is 0 Å². The van der Waals surface area contributed by atoms with E-state index in [1.807, 2.05) is 12.3 Å². The van der Waals surface area contributed by atoms with E-state index >= 15 is 0 Å². The number of benzene rings is 2. The Bertz CT molecular complexity index is 1180. The number of aromatic nitrogens is 2. The third-order valence-electron chi connectivity index (χ3n) is 5.35. The van der Waals surface area contributed by atoms with Gasteiger partial charge in [0.1, 0.15) is 18.1 Å². The predicted molar refractivity (Wildman–Crippen MR) is 128 cm³/mol. The zero-order chi connectivity index (χ0) is 20.5. The van der Waals surface area contributed by atoms with Crippen molar-refractivity contribution < 1.29 is 4.74 Å². The molecule has 0 aliphatic carbocycles. The van der Waals surface area contributed by atoms with E-state index in [1.54, 1.807) is 12.1 Å². The molecule has 0 saturated carbocycles. The quantitative estimate of drug-likeness (QED) is 0.311. The Labute approximate surface area is 193 Å². The zero-order valence-corrected chi connectivity index (χ0v) is 19.4. The Morgan fingerprint density at radius 2 is 1.67 bits per heavy atom. The van der Waals surface area contributed by atoms with Crippen molar-refractivity contribution in [1.82, 2.24) is 9.55 Å². The van der Waals surface area contributed by atoms with Crippen LogP contribution in [0.2, 0.25) is 10.0 Å². The van der Waals surface area contributed by atoms with E-state index in [9.17, 15) is 0 Å². The summed E-state index contributed by atoms with van der Waals surface area (Å²) in [5.41, 5.74) is 7.04. The number of ether oxygens (including phenoxy) is 1. The van der Waals surface area contributed by atoms with Gasteiger partial charge in [-0.05, 0) is 50.1 Å². The standard InChI is InChI=1S/C24H22Cl2N2O.ClH/c1-15-4-6-18(7-5-15)13-28-17(3)16(2)20-10-11-27-23(24(20)28)14-29-19-8-9-21(25)22(26)12-19;/h4-12H,13-14H2,1-3H3;1H. The molecule has 0 N–H and O–H groups in total. The highest BCUT2D eigenvalue weighted by Crippen LogP contribution is 2.30. The van der Waals surface area contributed by atoms with Crippen LogP contribution in [0, 0.1) is 20.8 Å². The molecule has 0 radical (unpaired) electrons. The average Bonchev–Trinajstić information content (AvgIpc) is 2.96. The van der Waals surface area contributed by atoms with E-state index in [1.165, 1.54) is 27.8 Å². The van der Waals surface area contributed by atoms with Crippen molar-refractivity contribution >= 4 is 46.5 Å². The lowest BCUT2D eigenvalue weighted by molar-refractivity contribution is 0.302. The molecule has 0 amide bonds. The molecule has 0 unspecified atom stereocenters. The maximum absolute atomic E-state index is 6.11. The molecule has 4 rings (SSSR count). The van der Waals surface area contributed by atoms with Crippen LogP contribution in [0.4, 0.5) is 0 Å². The van der Waals surface area contributed by atoms with Crippen LogP contribution in [0.25, 0.3) is 10.9 Å². The van der Waals surface area contributed by atoms with E-state index in [0.29, 0.717) is 22.4 Å². The Kier molecular flexibility index (Phi) is 6.97. The van der Waals surface area contributed by atoms with E-state index in [-0.39, 0.29) is 12.4 Å². The molecule has 0 aliphatic rings. The molecule has 2 aromatic carbocycles. The van der Waals surface area contributed by atoms with Crippen molar-refractivity contribution in [2.75, 3.05) is 0 Å². The van der Waals surface area contributed by atoms with E-state index < -0.39 is 0 Å². The normalized spacial score (nSPS) is 10.8. The fourth-order valence-electron chi connectivity index (χ4n) is 3.56. The van der Waals surface area contributed by atoms with Gasteiger partial charge >= 0.3 is 0 Å². The summed E-state index contributed by atoms with van der Waals surface area (Å²) < 4.78 is 8.32. The number of fused-ring (bicyclic) bond motifs is 1. The minimum Gasteiger partial charge on any atom is -0.487 e. The highest BCUT2D eigenvalue weighted by Gasteiger charge is 2.16. The lowest BCUT2D eigenvalue weighted by Crippen LogP contribution is -2.06. The summed E-state index contributed by atoms with van der Waals surface area (Å²) in [6.45, 7) is 7.57. The Morgan fingerprint density at radius 3 is 2.37 bits per heavy atom. The molecular formula is C24H23Cl3N2O. The van der Waals surface area contributed by atoms with Crippen molar-refractivity contribution in [2.24, 2.45) is 0 Å². The molecule has 0 aliphatic heterocycles. The number of pyridine rings is 1. The Balaban J connectivity index is 0.00000256. The second kappa shape index (κ2) is 9.30. The van der Waals surface area contributed by atoms with Crippen LogP contribution < -0.4 is 4.74 Å². The van der Waals surface area contributed by atoms with Gasteiger partial charge in [0, 0.05) is 29.9 Å². The fraction of sp³-hybridized carbons (Fsp3) is 0.208. The van der Waals surface area contributed by atoms with Crippen molar-refractivity contribution in [1.29, 1.82) is 0 Å². The summed E-state index contributed by atoms with van der Waals surface area (Å²) >= 11 is 12.1. The summed E-state index contributed by atoms with van der Waals surface area (Å²) in [5.74, 6) is 0.670. The maximum atomic E-state index is 6.11. The second-order valence-corrected chi connectivity index (χ2v) is 8.11. The van der Waals surface area contributed by atoms with Gasteiger partial charge in [-0.15, -0.1) is 12.4 Å². The third kappa shape index (κ3) is 4.44. The van der Waals surface area contributed by atoms with Crippen molar-refractivity contribution in [3.05, 3.63) is 92.9 Å². The van der Waals surface area contributed by atoms with Gasteiger partial charge in [-0.25, -0.2) is 0 Å². The largest absolute Gasteiger partial charge is 0.487 e. The van der Waals surface area contributed by atoms with Crippen LogP contribution in [-0.2, 0) is 13.2 Å². The summed E-state index contributed by atoms with van der Waals surface area (Å²) in [5, 5.41) is 2.19. The number of hydrogen-bond donors (Lipinski definition) is 0. The summed E-state index contributed by atoms with van der Waals surface area (Å²) in [4.78, 5) is 4.63. The van der Waals surface area contributed by atoms with Gasteiger partial charge < -0.3 is 9.30 Å².